The Kier molecular flexibility index (Phi) is 5.03. The molecule has 1 nitrogen and oxygen atoms in total. The first-order chi connectivity index (χ1) is 10.0. The molecule has 0 aliphatic heterocycles. The second-order valence-electron chi connectivity index (χ2n) is 6.74. The monoisotopic (exact) mass is 284 g/mol. The van der Waals surface area contributed by atoms with Gasteiger partial charge in [0.2, 0.25) is 0 Å². The quantitative estimate of drug-likeness (QED) is 0.494. The number of carbonyl (C=O) groups excluding carboxylic acids is 1. The van der Waals surface area contributed by atoms with Gasteiger partial charge in [0.1, 0.15) is 5.78 Å². The molecule has 0 saturated carbocycles. The van der Waals surface area contributed by atoms with Crippen molar-refractivity contribution < 1.29 is 4.79 Å². The molecule has 0 spiro atoms. The molecule has 1 heteroatoms. The standard InChI is InChI=1S/C20H28O/c1-5-6-7-8-12-17-16-11-9-10-13-18(16)20(4,15(2)3)14-19(17)21/h9-11,13,17H,2,5-8,12,14H2,1,3-4H3. The zero-order valence-corrected chi connectivity index (χ0v) is 13.7. The van der Waals surface area contributed by atoms with E-state index in [0.29, 0.717) is 12.2 Å². The molecule has 0 saturated heterocycles. The highest BCUT2D eigenvalue weighted by molar-refractivity contribution is 5.90. The molecule has 0 fully saturated rings. The van der Waals surface area contributed by atoms with Crippen molar-refractivity contribution in [2.24, 2.45) is 0 Å². The van der Waals surface area contributed by atoms with Crippen LogP contribution in [-0.2, 0) is 10.2 Å². The molecule has 2 atom stereocenters. The van der Waals surface area contributed by atoms with Gasteiger partial charge in [-0.2, -0.15) is 0 Å². The van der Waals surface area contributed by atoms with E-state index in [0.717, 1.165) is 18.4 Å². The van der Waals surface area contributed by atoms with Crippen molar-refractivity contribution in [3.05, 3.63) is 47.5 Å². The summed E-state index contributed by atoms with van der Waals surface area (Å²) in [5, 5.41) is 0. The largest absolute Gasteiger partial charge is 0.299 e. The average Bonchev–Trinajstić information content (AvgIpc) is 2.46. The van der Waals surface area contributed by atoms with Gasteiger partial charge in [0, 0.05) is 17.8 Å². The van der Waals surface area contributed by atoms with Crippen LogP contribution in [0.25, 0.3) is 0 Å². The van der Waals surface area contributed by atoms with Crippen LogP contribution in [-0.4, -0.2) is 5.78 Å². The van der Waals surface area contributed by atoms with Crippen LogP contribution in [0.5, 0.6) is 0 Å². The molecule has 1 aromatic rings. The summed E-state index contributed by atoms with van der Waals surface area (Å²) in [6.45, 7) is 10.6. The summed E-state index contributed by atoms with van der Waals surface area (Å²) in [5.74, 6) is 0.501. The van der Waals surface area contributed by atoms with Crippen molar-refractivity contribution in [1.29, 1.82) is 0 Å². The Morgan fingerprint density at radius 3 is 2.67 bits per heavy atom. The summed E-state index contributed by atoms with van der Waals surface area (Å²) in [5.41, 5.74) is 3.47. The summed E-state index contributed by atoms with van der Waals surface area (Å²) in [7, 11) is 0. The highest BCUT2D eigenvalue weighted by Crippen LogP contribution is 2.45. The van der Waals surface area contributed by atoms with Gasteiger partial charge in [-0.15, -0.1) is 0 Å². The second kappa shape index (κ2) is 6.60. The second-order valence-corrected chi connectivity index (χ2v) is 6.74. The minimum absolute atomic E-state index is 0.102. The normalized spacial score (nSPS) is 24.7. The fraction of sp³-hybridized carbons (Fsp3) is 0.550. The van der Waals surface area contributed by atoms with Gasteiger partial charge in [-0.3, -0.25) is 4.79 Å². The number of fused-ring (bicyclic) bond motifs is 1. The van der Waals surface area contributed by atoms with E-state index in [9.17, 15) is 4.79 Å². The molecular formula is C20H28O. The van der Waals surface area contributed by atoms with Crippen molar-refractivity contribution in [2.75, 3.05) is 0 Å². The molecule has 0 heterocycles. The Hall–Kier alpha value is -1.37. The number of hydrogen-bond acceptors (Lipinski definition) is 1. The van der Waals surface area contributed by atoms with Gasteiger partial charge < -0.3 is 0 Å². The molecule has 0 amide bonds. The molecule has 0 aromatic heterocycles. The zero-order valence-electron chi connectivity index (χ0n) is 13.7. The Balaban J connectivity index is 2.28. The Morgan fingerprint density at radius 2 is 2.00 bits per heavy atom. The van der Waals surface area contributed by atoms with E-state index in [2.05, 4.69) is 44.7 Å². The third-order valence-electron chi connectivity index (χ3n) is 5.14. The minimum Gasteiger partial charge on any atom is -0.299 e. The van der Waals surface area contributed by atoms with Crippen LogP contribution in [0.15, 0.2) is 36.4 Å². The lowest BCUT2D eigenvalue weighted by molar-refractivity contribution is -0.122. The molecule has 0 N–H and O–H groups in total. The topological polar surface area (TPSA) is 17.1 Å². The first-order valence-electron chi connectivity index (χ1n) is 8.28. The molecule has 1 aliphatic rings. The highest BCUT2D eigenvalue weighted by atomic mass is 16.1. The molecule has 1 aliphatic carbocycles. The van der Waals surface area contributed by atoms with E-state index in [1.165, 1.54) is 30.4 Å². The Morgan fingerprint density at radius 1 is 1.29 bits per heavy atom. The fourth-order valence-electron chi connectivity index (χ4n) is 3.52. The average molecular weight is 284 g/mol. The van der Waals surface area contributed by atoms with E-state index < -0.39 is 0 Å². The van der Waals surface area contributed by atoms with Crippen LogP contribution in [0.1, 0.15) is 76.3 Å². The van der Waals surface area contributed by atoms with Gasteiger partial charge in [0.25, 0.3) is 0 Å². The molecule has 2 rings (SSSR count). The van der Waals surface area contributed by atoms with Gasteiger partial charge >= 0.3 is 0 Å². The van der Waals surface area contributed by atoms with E-state index in [-0.39, 0.29) is 11.3 Å². The molecule has 21 heavy (non-hydrogen) atoms. The highest BCUT2D eigenvalue weighted by Gasteiger charge is 2.40. The SMILES string of the molecule is C=C(C)C1(C)CC(=O)C(CCCCCC)c2ccccc21. The smallest absolute Gasteiger partial charge is 0.141 e. The number of Topliss-reactive ketones (excluding diaryl/α,β-unsaturated/α-hetero) is 1. The summed E-state index contributed by atoms with van der Waals surface area (Å²) < 4.78 is 0. The predicted octanol–water partition coefficient (Wildman–Crippen LogP) is 5.55. The van der Waals surface area contributed by atoms with Gasteiger partial charge in [0.15, 0.2) is 0 Å². The van der Waals surface area contributed by atoms with Crippen molar-refractivity contribution >= 4 is 5.78 Å². The number of hydrogen-bond donors (Lipinski definition) is 0. The lowest BCUT2D eigenvalue weighted by Crippen LogP contribution is -2.36. The van der Waals surface area contributed by atoms with Gasteiger partial charge in [-0.25, -0.2) is 0 Å². The van der Waals surface area contributed by atoms with E-state index in [4.69, 9.17) is 0 Å². The van der Waals surface area contributed by atoms with Crippen LogP contribution < -0.4 is 0 Å². The van der Waals surface area contributed by atoms with Crippen molar-refractivity contribution in [1.82, 2.24) is 0 Å². The number of unbranched alkanes of at least 4 members (excludes halogenated alkanes) is 3. The van der Waals surface area contributed by atoms with Crippen LogP contribution in [0.4, 0.5) is 0 Å². The minimum atomic E-state index is -0.187. The summed E-state index contributed by atoms with van der Waals surface area (Å²) in [6, 6.07) is 8.49. The van der Waals surface area contributed by atoms with Crippen molar-refractivity contribution in [3.63, 3.8) is 0 Å². The number of rotatable bonds is 6. The number of carbonyl (C=O) groups is 1. The van der Waals surface area contributed by atoms with E-state index in [1.807, 2.05) is 6.92 Å². The Labute approximate surface area is 129 Å². The van der Waals surface area contributed by atoms with Crippen molar-refractivity contribution in [3.8, 4) is 0 Å². The maximum atomic E-state index is 12.7. The first-order valence-corrected chi connectivity index (χ1v) is 8.28. The third kappa shape index (κ3) is 3.12. The molecule has 0 bridgehead atoms. The lowest BCUT2D eigenvalue weighted by atomic mass is 9.63. The van der Waals surface area contributed by atoms with Crippen LogP contribution in [0, 0.1) is 0 Å². The third-order valence-corrected chi connectivity index (χ3v) is 5.14. The van der Waals surface area contributed by atoms with Crippen LogP contribution in [0.3, 0.4) is 0 Å². The van der Waals surface area contributed by atoms with E-state index >= 15 is 0 Å². The summed E-state index contributed by atoms with van der Waals surface area (Å²) in [6.07, 6.45) is 6.51. The fourth-order valence-corrected chi connectivity index (χ4v) is 3.52. The van der Waals surface area contributed by atoms with Gasteiger partial charge in [0.05, 0.1) is 0 Å². The first kappa shape index (κ1) is 16.0. The van der Waals surface area contributed by atoms with Crippen LogP contribution in [0.2, 0.25) is 0 Å². The molecule has 114 valence electrons. The molecule has 0 radical (unpaired) electrons. The maximum absolute atomic E-state index is 12.7. The number of benzene rings is 1. The number of allylic oxidation sites excluding steroid dienone is 1. The zero-order chi connectivity index (χ0) is 15.5. The van der Waals surface area contributed by atoms with Gasteiger partial charge in [-0.05, 0) is 24.5 Å². The van der Waals surface area contributed by atoms with Crippen LogP contribution >= 0.6 is 0 Å². The maximum Gasteiger partial charge on any atom is 0.141 e. The predicted molar refractivity (Wildman–Crippen MR) is 89.7 cm³/mol. The van der Waals surface area contributed by atoms with Gasteiger partial charge in [-0.1, -0.05) is 75.9 Å². The summed E-state index contributed by atoms with van der Waals surface area (Å²) >= 11 is 0. The van der Waals surface area contributed by atoms with E-state index in [1.54, 1.807) is 0 Å². The number of ketones is 1. The molecule has 1 aromatic carbocycles. The Bertz CT molecular complexity index is 528. The molecule has 2 unspecified atom stereocenters. The molecular weight excluding hydrogens is 256 g/mol. The summed E-state index contributed by atoms with van der Waals surface area (Å²) in [4.78, 5) is 12.7. The lowest BCUT2D eigenvalue weighted by Gasteiger charge is -2.39. The van der Waals surface area contributed by atoms with Crippen molar-refractivity contribution in [2.45, 2.75) is 70.6 Å².